The van der Waals surface area contributed by atoms with Gasteiger partial charge in [0.05, 0.1) is 27.7 Å². The van der Waals surface area contributed by atoms with Crippen LogP contribution in [0.25, 0.3) is 0 Å². The van der Waals surface area contributed by atoms with Crippen LogP contribution in [0, 0.1) is 0 Å². The van der Waals surface area contributed by atoms with Crippen molar-refractivity contribution in [1.82, 2.24) is 0 Å². The Labute approximate surface area is 472 Å². The number of phosphoric ester groups is 1. The molecule has 450 valence electrons. The molecule has 0 aromatic rings. The van der Waals surface area contributed by atoms with Crippen LogP contribution in [0.1, 0.15) is 335 Å². The largest absolute Gasteiger partial charge is 0.472 e. The summed E-state index contributed by atoms with van der Waals surface area (Å²) in [6, 6.07) is 0. The lowest BCUT2D eigenvalue weighted by Gasteiger charge is -2.24. The van der Waals surface area contributed by atoms with E-state index in [-0.39, 0.29) is 25.6 Å². The highest BCUT2D eigenvalue weighted by Crippen LogP contribution is 2.43. The molecule has 2 atom stereocenters. The zero-order valence-electron chi connectivity index (χ0n) is 51.3. The molecule has 0 saturated carbocycles. The second-order valence-corrected chi connectivity index (χ2v) is 25.3. The lowest BCUT2D eigenvalue weighted by atomic mass is 10.0. The van der Waals surface area contributed by atoms with Gasteiger partial charge in [-0.25, -0.2) is 4.57 Å². The minimum absolute atomic E-state index is 0.0345. The molecule has 0 amide bonds. The highest BCUT2D eigenvalue weighted by atomic mass is 31.2. The number of rotatable bonds is 62. The molecule has 0 radical (unpaired) electrons. The Morgan fingerprint density at radius 2 is 0.671 bits per heavy atom. The van der Waals surface area contributed by atoms with E-state index in [1.54, 1.807) is 0 Å². The number of phosphoric acid groups is 1. The fourth-order valence-electron chi connectivity index (χ4n) is 9.83. The summed E-state index contributed by atoms with van der Waals surface area (Å²) in [6.45, 7) is 4.49. The van der Waals surface area contributed by atoms with Gasteiger partial charge in [0.15, 0.2) is 6.10 Å². The number of ether oxygens (including phenoxy) is 2. The first kappa shape index (κ1) is 74.5. The smallest absolute Gasteiger partial charge is 0.462 e. The molecule has 0 aliphatic carbocycles. The molecule has 1 N–H and O–H groups in total. The summed E-state index contributed by atoms with van der Waals surface area (Å²) in [7, 11) is 1.49. The molecule has 0 aliphatic rings. The zero-order valence-corrected chi connectivity index (χ0v) is 52.2. The van der Waals surface area contributed by atoms with E-state index in [0.717, 1.165) is 32.1 Å². The van der Waals surface area contributed by atoms with Crippen molar-refractivity contribution < 1.29 is 42.1 Å². The lowest BCUT2D eigenvalue weighted by molar-refractivity contribution is -0.870. The average Bonchev–Trinajstić information content (AvgIpc) is 3.38. The molecule has 2 unspecified atom stereocenters. The lowest BCUT2D eigenvalue weighted by Crippen LogP contribution is -2.37. The quantitative estimate of drug-likeness (QED) is 0.0211. The van der Waals surface area contributed by atoms with Crippen molar-refractivity contribution in [1.29, 1.82) is 0 Å². The van der Waals surface area contributed by atoms with Crippen LogP contribution < -0.4 is 0 Å². The maximum absolute atomic E-state index is 12.8. The fourth-order valence-corrected chi connectivity index (χ4v) is 10.6. The number of hydrogen-bond acceptors (Lipinski definition) is 7. The molecule has 0 fully saturated rings. The average molecular weight is 1100 g/mol. The Morgan fingerprint density at radius 3 is 0.974 bits per heavy atom. The van der Waals surface area contributed by atoms with E-state index in [2.05, 4.69) is 38.2 Å². The Bertz CT molecular complexity index is 1330. The van der Waals surface area contributed by atoms with Gasteiger partial charge in [-0.15, -0.1) is 0 Å². The summed E-state index contributed by atoms with van der Waals surface area (Å²) in [5.41, 5.74) is 0. The molecule has 0 aromatic carbocycles. The van der Waals surface area contributed by atoms with E-state index in [1.165, 1.54) is 270 Å². The second-order valence-electron chi connectivity index (χ2n) is 23.9. The first-order chi connectivity index (χ1) is 37.0. The third-order valence-electron chi connectivity index (χ3n) is 15.0. The molecule has 0 heterocycles. The van der Waals surface area contributed by atoms with Crippen LogP contribution in [0.15, 0.2) is 24.3 Å². The van der Waals surface area contributed by atoms with E-state index in [1.807, 2.05) is 21.1 Å². The SMILES string of the molecule is CCCCCCCC/C=C\CCCCCCCCCCCC(=O)OCC(COP(=O)(O)OCC[N+](C)(C)C)OC(=O)CCCCCCCCCCCCCCCCCCCCCCC/C=C\CCCCCCCCCC. The molecular weight excluding hydrogens is 966 g/mol. The molecule has 76 heavy (non-hydrogen) atoms. The van der Waals surface area contributed by atoms with E-state index in [0.29, 0.717) is 23.9 Å². The van der Waals surface area contributed by atoms with Crippen molar-refractivity contribution in [2.24, 2.45) is 0 Å². The van der Waals surface area contributed by atoms with E-state index in [9.17, 15) is 19.0 Å². The third kappa shape index (κ3) is 61.7. The van der Waals surface area contributed by atoms with Gasteiger partial charge in [-0.05, 0) is 64.2 Å². The van der Waals surface area contributed by atoms with Crippen LogP contribution in [0.3, 0.4) is 0 Å². The van der Waals surface area contributed by atoms with Gasteiger partial charge in [-0.2, -0.15) is 0 Å². The van der Waals surface area contributed by atoms with Crippen molar-refractivity contribution in [3.8, 4) is 0 Å². The van der Waals surface area contributed by atoms with Gasteiger partial charge in [-0.3, -0.25) is 18.6 Å². The van der Waals surface area contributed by atoms with Gasteiger partial charge < -0.3 is 18.9 Å². The first-order valence-corrected chi connectivity index (χ1v) is 34.6. The fraction of sp³-hybridized carbons (Fsp3) is 0.909. The number of allylic oxidation sites excluding steroid dienone is 4. The Kier molecular flexibility index (Phi) is 57.0. The van der Waals surface area contributed by atoms with E-state index < -0.39 is 26.5 Å². The van der Waals surface area contributed by atoms with Crippen LogP contribution in [-0.2, 0) is 32.7 Å². The first-order valence-electron chi connectivity index (χ1n) is 33.1. The number of carbonyl (C=O) groups is 2. The Hall–Kier alpha value is -1.51. The number of nitrogens with zero attached hydrogens (tertiary/aromatic N) is 1. The van der Waals surface area contributed by atoms with Gasteiger partial charge in [0, 0.05) is 12.8 Å². The molecule has 10 heteroatoms. The molecule has 0 spiro atoms. The monoisotopic (exact) mass is 1090 g/mol. The molecule has 0 rings (SSSR count). The topological polar surface area (TPSA) is 108 Å². The van der Waals surface area contributed by atoms with Crippen molar-refractivity contribution >= 4 is 19.8 Å². The Morgan fingerprint density at radius 1 is 0.395 bits per heavy atom. The van der Waals surface area contributed by atoms with Crippen molar-refractivity contribution in [2.75, 3.05) is 47.5 Å². The summed E-state index contributed by atoms with van der Waals surface area (Å²) in [5.74, 6) is -0.781. The molecule has 9 nitrogen and oxygen atoms in total. The predicted octanol–water partition coefficient (Wildman–Crippen LogP) is 20.9. The number of likely N-dealkylation sites (N-methyl/N-ethyl adjacent to an activating group) is 1. The highest BCUT2D eigenvalue weighted by molar-refractivity contribution is 7.47. The number of quaternary nitrogens is 1. The van der Waals surface area contributed by atoms with E-state index in [4.69, 9.17) is 18.5 Å². The summed E-state index contributed by atoms with van der Waals surface area (Å²) in [4.78, 5) is 35.8. The van der Waals surface area contributed by atoms with Crippen LogP contribution in [-0.4, -0.2) is 74.9 Å². The van der Waals surface area contributed by atoms with Gasteiger partial charge >= 0.3 is 19.8 Å². The van der Waals surface area contributed by atoms with Gasteiger partial charge in [-0.1, -0.05) is 282 Å². The predicted molar refractivity (Wildman–Crippen MR) is 326 cm³/mol. The number of unbranched alkanes of at least 4 members (excludes halogenated alkanes) is 44. The number of hydrogen-bond donors (Lipinski definition) is 1. The normalized spacial score (nSPS) is 13.3. The van der Waals surface area contributed by atoms with E-state index >= 15 is 0 Å². The minimum atomic E-state index is -4.38. The summed E-state index contributed by atoms with van der Waals surface area (Å²) in [5, 5.41) is 0. The van der Waals surface area contributed by atoms with Crippen LogP contribution >= 0.6 is 7.82 Å². The number of esters is 2. The molecule has 0 aromatic heterocycles. The van der Waals surface area contributed by atoms with Crippen LogP contribution in [0.5, 0.6) is 0 Å². The Balaban J connectivity index is 3.98. The van der Waals surface area contributed by atoms with Crippen molar-refractivity contribution in [3.05, 3.63) is 24.3 Å². The summed E-state index contributed by atoms with van der Waals surface area (Å²) >= 11 is 0. The summed E-state index contributed by atoms with van der Waals surface area (Å²) < 4.78 is 34.7. The van der Waals surface area contributed by atoms with Crippen molar-refractivity contribution in [3.63, 3.8) is 0 Å². The standard InChI is InChI=1S/C66H128NO8P/c1-6-8-10-12-14-16-18-20-22-24-26-27-28-29-30-31-32-33-34-35-36-37-38-39-41-43-45-47-49-51-53-55-57-59-66(69)75-64(63-74-76(70,71)73-61-60-67(3,4)5)62-72-65(68)58-56-54-52-50-48-46-44-42-40-25-23-21-19-17-15-13-11-9-7-2/h21,23-24,26,64H,6-20,22,25,27-63H2,1-5H3/p+1/b23-21-,26-24-. The second kappa shape index (κ2) is 58.2. The van der Waals surface area contributed by atoms with Gasteiger partial charge in [0.2, 0.25) is 0 Å². The zero-order chi connectivity index (χ0) is 55.6. The maximum Gasteiger partial charge on any atom is 0.472 e. The highest BCUT2D eigenvalue weighted by Gasteiger charge is 2.27. The molecular formula is C66H129NO8P+. The van der Waals surface area contributed by atoms with Crippen molar-refractivity contribution in [2.45, 2.75) is 341 Å². The maximum atomic E-state index is 12.8. The third-order valence-corrected chi connectivity index (χ3v) is 15.9. The molecule has 0 bridgehead atoms. The minimum Gasteiger partial charge on any atom is -0.462 e. The van der Waals surface area contributed by atoms with Crippen LogP contribution in [0.4, 0.5) is 0 Å². The van der Waals surface area contributed by atoms with Crippen LogP contribution in [0.2, 0.25) is 0 Å². The van der Waals surface area contributed by atoms with Gasteiger partial charge in [0.25, 0.3) is 0 Å². The number of carbonyl (C=O) groups excluding carboxylic acids is 2. The molecule has 0 saturated heterocycles. The molecule has 0 aliphatic heterocycles. The summed E-state index contributed by atoms with van der Waals surface area (Å²) in [6.07, 6.45) is 71.3. The van der Waals surface area contributed by atoms with Gasteiger partial charge in [0.1, 0.15) is 19.8 Å².